The number of sulfonamides is 1. The first-order chi connectivity index (χ1) is 16.5. The molecule has 10 heteroatoms. The molecule has 5 rings (SSSR count). The average Bonchev–Trinajstić information content (AvgIpc) is 3.29. The standard InChI is InChI=1S/C24H28N4O4S2/c29-23-16-32-24-19(26-23)7-5-8-20(24)28-14-12-27(13-15-28)11-4-3-10-25-34(30,31)22-17-33-21-9-2-1-6-18(21)22/h1-2,5-9,17,25H,3-4,10-16H2,(H,26,29). The summed E-state index contributed by atoms with van der Waals surface area (Å²) in [6.45, 7) is 5.06. The van der Waals surface area contributed by atoms with E-state index in [1.54, 1.807) is 5.38 Å². The van der Waals surface area contributed by atoms with Crippen molar-refractivity contribution in [1.29, 1.82) is 0 Å². The van der Waals surface area contributed by atoms with Crippen LogP contribution >= 0.6 is 11.3 Å². The highest BCUT2D eigenvalue weighted by molar-refractivity contribution is 7.90. The number of carbonyl (C=O) groups is 1. The molecule has 0 bridgehead atoms. The third-order valence-electron chi connectivity index (χ3n) is 6.26. The van der Waals surface area contributed by atoms with E-state index in [0.717, 1.165) is 72.8 Å². The van der Waals surface area contributed by atoms with E-state index in [-0.39, 0.29) is 12.5 Å². The van der Waals surface area contributed by atoms with E-state index in [0.29, 0.717) is 11.4 Å². The molecule has 0 unspecified atom stereocenters. The Morgan fingerprint density at radius 1 is 1.03 bits per heavy atom. The van der Waals surface area contributed by atoms with Gasteiger partial charge in [-0.3, -0.25) is 9.69 Å². The van der Waals surface area contributed by atoms with Crippen LogP contribution in [0.25, 0.3) is 10.1 Å². The number of hydrogen-bond acceptors (Lipinski definition) is 7. The number of anilines is 2. The minimum Gasteiger partial charge on any atom is -0.479 e. The van der Waals surface area contributed by atoms with Crippen LogP contribution in [0, 0.1) is 0 Å². The zero-order valence-corrected chi connectivity index (χ0v) is 20.5. The van der Waals surface area contributed by atoms with Gasteiger partial charge in [0.2, 0.25) is 10.0 Å². The molecule has 8 nitrogen and oxygen atoms in total. The van der Waals surface area contributed by atoms with Crippen LogP contribution in [0.5, 0.6) is 5.75 Å². The van der Waals surface area contributed by atoms with E-state index >= 15 is 0 Å². The summed E-state index contributed by atoms with van der Waals surface area (Å²) < 4.78 is 34.9. The van der Waals surface area contributed by atoms with Crippen molar-refractivity contribution in [2.75, 3.05) is 56.1 Å². The van der Waals surface area contributed by atoms with E-state index in [4.69, 9.17) is 4.74 Å². The number of hydrogen-bond donors (Lipinski definition) is 2. The molecule has 0 aliphatic carbocycles. The number of ether oxygens (including phenoxy) is 1. The molecule has 0 spiro atoms. The van der Waals surface area contributed by atoms with Gasteiger partial charge in [0.25, 0.3) is 5.91 Å². The summed E-state index contributed by atoms with van der Waals surface area (Å²) in [4.78, 5) is 16.7. The number of rotatable bonds is 8. The first-order valence-corrected chi connectivity index (χ1v) is 13.9. The van der Waals surface area contributed by atoms with Crippen LogP contribution in [0.2, 0.25) is 0 Å². The Kier molecular flexibility index (Phi) is 6.73. The summed E-state index contributed by atoms with van der Waals surface area (Å²) >= 11 is 1.45. The largest absolute Gasteiger partial charge is 0.479 e. The Bertz CT molecular complexity index is 1280. The van der Waals surface area contributed by atoms with Crippen LogP contribution in [0.3, 0.4) is 0 Å². The van der Waals surface area contributed by atoms with Crippen molar-refractivity contribution in [1.82, 2.24) is 9.62 Å². The summed E-state index contributed by atoms with van der Waals surface area (Å²) in [7, 11) is -3.50. The highest BCUT2D eigenvalue weighted by atomic mass is 32.2. The van der Waals surface area contributed by atoms with Crippen LogP contribution < -0.4 is 19.7 Å². The molecule has 1 aromatic heterocycles. The van der Waals surface area contributed by atoms with Gasteiger partial charge < -0.3 is 15.0 Å². The molecule has 1 amide bonds. The number of thiophene rings is 1. The van der Waals surface area contributed by atoms with Crippen LogP contribution in [-0.4, -0.2) is 65.1 Å². The van der Waals surface area contributed by atoms with E-state index in [2.05, 4.69) is 19.8 Å². The third kappa shape index (κ3) is 4.90. The Morgan fingerprint density at radius 3 is 2.71 bits per heavy atom. The molecule has 3 aromatic rings. The molecule has 180 valence electrons. The number of benzene rings is 2. The minimum atomic E-state index is -3.50. The van der Waals surface area contributed by atoms with E-state index in [1.807, 2.05) is 42.5 Å². The van der Waals surface area contributed by atoms with Gasteiger partial charge in [0.05, 0.1) is 11.4 Å². The lowest BCUT2D eigenvalue weighted by Gasteiger charge is -2.37. The van der Waals surface area contributed by atoms with Crippen molar-refractivity contribution in [2.45, 2.75) is 17.7 Å². The molecule has 0 saturated carbocycles. The number of nitrogens with zero attached hydrogens (tertiary/aromatic N) is 2. The lowest BCUT2D eigenvalue weighted by molar-refractivity contribution is -0.118. The van der Waals surface area contributed by atoms with Crippen molar-refractivity contribution in [3.8, 4) is 5.75 Å². The number of carbonyl (C=O) groups excluding carboxylic acids is 1. The molecule has 1 fully saturated rings. The fraction of sp³-hybridized carbons (Fsp3) is 0.375. The summed E-state index contributed by atoms with van der Waals surface area (Å²) in [5.41, 5.74) is 1.75. The topological polar surface area (TPSA) is 91.0 Å². The van der Waals surface area contributed by atoms with Gasteiger partial charge in [-0.15, -0.1) is 11.3 Å². The summed E-state index contributed by atoms with van der Waals surface area (Å²) in [5, 5.41) is 5.37. The van der Waals surface area contributed by atoms with E-state index in [9.17, 15) is 13.2 Å². The Labute approximate surface area is 203 Å². The van der Waals surface area contributed by atoms with Crippen molar-refractivity contribution in [3.05, 3.63) is 47.8 Å². The maximum absolute atomic E-state index is 12.7. The summed E-state index contributed by atoms with van der Waals surface area (Å²) in [6.07, 6.45) is 1.73. The van der Waals surface area contributed by atoms with Crippen molar-refractivity contribution < 1.29 is 17.9 Å². The lowest BCUT2D eigenvalue weighted by Crippen LogP contribution is -2.47. The molecule has 2 aliphatic heterocycles. The average molecular weight is 501 g/mol. The maximum Gasteiger partial charge on any atom is 0.262 e. The van der Waals surface area contributed by atoms with Crippen LogP contribution in [0.1, 0.15) is 12.8 Å². The molecule has 0 atom stereocenters. The Morgan fingerprint density at radius 2 is 1.85 bits per heavy atom. The predicted octanol–water partition coefficient (Wildman–Crippen LogP) is 3.11. The minimum absolute atomic E-state index is 0.0520. The molecule has 2 aliphatic rings. The second kappa shape index (κ2) is 9.91. The highest BCUT2D eigenvalue weighted by Crippen LogP contribution is 2.38. The smallest absolute Gasteiger partial charge is 0.262 e. The van der Waals surface area contributed by atoms with Crippen molar-refractivity contribution >= 4 is 48.7 Å². The fourth-order valence-corrected chi connectivity index (χ4v) is 7.04. The number of unbranched alkanes of at least 4 members (excludes halogenated alkanes) is 1. The van der Waals surface area contributed by atoms with Crippen LogP contribution in [0.4, 0.5) is 11.4 Å². The van der Waals surface area contributed by atoms with Gasteiger partial charge in [-0.2, -0.15) is 0 Å². The van der Waals surface area contributed by atoms with Gasteiger partial charge >= 0.3 is 0 Å². The first kappa shape index (κ1) is 23.1. The number of nitrogens with one attached hydrogen (secondary N) is 2. The van der Waals surface area contributed by atoms with Gasteiger partial charge in [-0.25, -0.2) is 13.1 Å². The predicted molar refractivity (Wildman–Crippen MR) is 135 cm³/mol. The molecular weight excluding hydrogens is 472 g/mol. The molecule has 2 N–H and O–H groups in total. The fourth-order valence-electron chi connectivity index (χ4n) is 4.47. The monoisotopic (exact) mass is 500 g/mol. The Balaban J connectivity index is 1.07. The SMILES string of the molecule is O=C1COc2c(cccc2N2CCN(CCCCNS(=O)(=O)c3csc4ccccc34)CC2)N1. The molecule has 1 saturated heterocycles. The summed E-state index contributed by atoms with van der Waals surface area (Å²) in [5.74, 6) is 0.627. The molecule has 3 heterocycles. The van der Waals surface area contributed by atoms with Crippen LogP contribution in [0.15, 0.2) is 52.7 Å². The van der Waals surface area contributed by atoms with Gasteiger partial charge in [0, 0.05) is 48.2 Å². The maximum atomic E-state index is 12.7. The normalized spacial score (nSPS) is 16.8. The Hall–Kier alpha value is -2.66. The van der Waals surface area contributed by atoms with Crippen molar-refractivity contribution in [2.24, 2.45) is 0 Å². The molecule has 34 heavy (non-hydrogen) atoms. The number of piperazine rings is 1. The lowest BCUT2D eigenvalue weighted by atomic mass is 10.2. The summed E-state index contributed by atoms with van der Waals surface area (Å²) in [6, 6.07) is 13.4. The van der Waals surface area contributed by atoms with Gasteiger partial charge in [-0.05, 0) is 37.6 Å². The van der Waals surface area contributed by atoms with E-state index in [1.165, 1.54) is 11.3 Å². The van der Waals surface area contributed by atoms with Crippen molar-refractivity contribution in [3.63, 3.8) is 0 Å². The zero-order chi connectivity index (χ0) is 23.5. The van der Waals surface area contributed by atoms with Gasteiger partial charge in [0.1, 0.15) is 4.90 Å². The second-order valence-corrected chi connectivity index (χ2v) is 11.2. The number of fused-ring (bicyclic) bond motifs is 2. The first-order valence-electron chi connectivity index (χ1n) is 11.5. The third-order valence-corrected chi connectivity index (χ3v) is 8.87. The van der Waals surface area contributed by atoms with E-state index < -0.39 is 10.0 Å². The zero-order valence-electron chi connectivity index (χ0n) is 18.8. The number of para-hydroxylation sites is 1. The molecule has 0 radical (unpaired) electrons. The molecule has 2 aromatic carbocycles. The quantitative estimate of drug-likeness (QED) is 0.462. The molecular formula is C24H28N4O4S2. The second-order valence-electron chi connectivity index (χ2n) is 8.52. The van der Waals surface area contributed by atoms with Gasteiger partial charge in [0.15, 0.2) is 12.4 Å². The van der Waals surface area contributed by atoms with Gasteiger partial charge in [-0.1, -0.05) is 24.3 Å². The highest BCUT2D eigenvalue weighted by Gasteiger charge is 2.24. The number of amides is 1. The van der Waals surface area contributed by atoms with Crippen LogP contribution in [-0.2, 0) is 14.8 Å².